The van der Waals surface area contributed by atoms with E-state index in [2.05, 4.69) is 39.9 Å². The minimum Gasteiger partial charge on any atom is -0.328 e. The van der Waals surface area contributed by atoms with Crippen LogP contribution in [0.3, 0.4) is 0 Å². The Morgan fingerprint density at radius 1 is 1.33 bits per heavy atom. The first-order valence-electron chi connectivity index (χ1n) is 6.93. The molecule has 2 nitrogen and oxygen atoms in total. The van der Waals surface area contributed by atoms with Crippen LogP contribution in [0.2, 0.25) is 0 Å². The topological polar surface area (TPSA) is 29.3 Å². The van der Waals surface area contributed by atoms with Gasteiger partial charge in [0.2, 0.25) is 0 Å². The minimum absolute atomic E-state index is 0.445. The van der Waals surface area contributed by atoms with Gasteiger partial charge < -0.3 is 5.73 Å². The molecular weight excluding hydrogens is 308 g/mol. The summed E-state index contributed by atoms with van der Waals surface area (Å²) in [6.45, 7) is 4.57. The zero-order chi connectivity index (χ0) is 13.0. The molecule has 0 amide bonds. The smallest absolute Gasteiger partial charge is 0.0701 e. The van der Waals surface area contributed by atoms with Gasteiger partial charge in [0.05, 0.1) is 3.79 Å². The van der Waals surface area contributed by atoms with Crippen LogP contribution < -0.4 is 5.73 Å². The van der Waals surface area contributed by atoms with Crippen molar-refractivity contribution in [2.24, 2.45) is 5.73 Å². The van der Waals surface area contributed by atoms with Crippen molar-refractivity contribution in [1.82, 2.24) is 4.90 Å². The van der Waals surface area contributed by atoms with Crippen molar-refractivity contribution < 1.29 is 0 Å². The van der Waals surface area contributed by atoms with Gasteiger partial charge in [0.25, 0.3) is 0 Å². The molecule has 1 aliphatic carbocycles. The summed E-state index contributed by atoms with van der Waals surface area (Å²) < 4.78 is 1.24. The molecule has 1 aliphatic rings. The van der Waals surface area contributed by atoms with Gasteiger partial charge in [-0.2, -0.15) is 0 Å². The quantitative estimate of drug-likeness (QED) is 0.884. The van der Waals surface area contributed by atoms with E-state index in [1.165, 1.54) is 47.3 Å². The Labute approximate surface area is 123 Å². The Morgan fingerprint density at radius 3 is 2.61 bits per heavy atom. The molecule has 0 aromatic carbocycles. The van der Waals surface area contributed by atoms with Gasteiger partial charge in [-0.05, 0) is 66.7 Å². The molecule has 1 saturated carbocycles. The van der Waals surface area contributed by atoms with Crippen LogP contribution in [0.25, 0.3) is 0 Å². The van der Waals surface area contributed by atoms with Gasteiger partial charge in [-0.25, -0.2) is 0 Å². The third-order valence-electron chi connectivity index (χ3n) is 3.76. The second-order valence-electron chi connectivity index (χ2n) is 5.24. The summed E-state index contributed by atoms with van der Waals surface area (Å²) in [5.74, 6) is 0. The van der Waals surface area contributed by atoms with Crippen molar-refractivity contribution in [3.8, 4) is 0 Å². The third kappa shape index (κ3) is 4.05. The molecule has 1 fully saturated rings. The molecular formula is C14H23BrN2S. The molecule has 0 radical (unpaired) electrons. The van der Waals surface area contributed by atoms with Crippen molar-refractivity contribution in [3.63, 3.8) is 0 Å². The summed E-state index contributed by atoms with van der Waals surface area (Å²) in [6, 6.07) is 5.58. The molecule has 1 aromatic heterocycles. The highest BCUT2D eigenvalue weighted by atomic mass is 79.9. The minimum atomic E-state index is 0.445. The highest BCUT2D eigenvalue weighted by Crippen LogP contribution is 2.27. The number of hydrogen-bond acceptors (Lipinski definition) is 3. The lowest BCUT2D eigenvalue weighted by atomic mass is 9.90. The van der Waals surface area contributed by atoms with Crippen LogP contribution in [0.4, 0.5) is 0 Å². The van der Waals surface area contributed by atoms with E-state index < -0.39 is 0 Å². The number of nitrogens with zero attached hydrogens (tertiary/aromatic N) is 1. The van der Waals surface area contributed by atoms with Crippen LogP contribution in [-0.4, -0.2) is 23.5 Å². The zero-order valence-corrected chi connectivity index (χ0v) is 13.5. The number of hydrogen-bond donors (Lipinski definition) is 1. The first kappa shape index (κ1) is 14.5. The van der Waals surface area contributed by atoms with Gasteiger partial charge in [-0.15, -0.1) is 11.3 Å². The summed E-state index contributed by atoms with van der Waals surface area (Å²) in [5.41, 5.74) is 6.00. The molecule has 0 aliphatic heterocycles. The third-order valence-corrected chi connectivity index (χ3v) is 5.36. The van der Waals surface area contributed by atoms with Crippen LogP contribution in [0, 0.1) is 0 Å². The van der Waals surface area contributed by atoms with E-state index in [0.29, 0.717) is 6.04 Å². The van der Waals surface area contributed by atoms with E-state index >= 15 is 0 Å². The lowest BCUT2D eigenvalue weighted by Gasteiger charge is -2.35. The fourth-order valence-corrected chi connectivity index (χ4v) is 4.29. The molecule has 2 N–H and O–H groups in total. The molecule has 18 heavy (non-hydrogen) atoms. The average molecular weight is 331 g/mol. The fraction of sp³-hybridized carbons (Fsp3) is 0.714. The summed E-state index contributed by atoms with van der Waals surface area (Å²) in [7, 11) is 0. The normalized spacial score (nSPS) is 24.7. The fourth-order valence-electron chi connectivity index (χ4n) is 2.78. The maximum absolute atomic E-state index is 6.00. The zero-order valence-electron chi connectivity index (χ0n) is 11.1. The van der Waals surface area contributed by atoms with Crippen molar-refractivity contribution in [2.75, 3.05) is 6.54 Å². The largest absolute Gasteiger partial charge is 0.328 e. The lowest BCUT2D eigenvalue weighted by molar-refractivity contribution is 0.143. The second kappa shape index (κ2) is 7.04. The predicted octanol–water partition coefficient (Wildman–Crippen LogP) is 3.99. The molecule has 0 atom stereocenters. The maximum atomic E-state index is 6.00. The monoisotopic (exact) mass is 330 g/mol. The molecule has 0 saturated heterocycles. The standard InChI is InChI=1S/C14H23BrN2S/c1-2-9-17(10-13-7-8-14(15)18-13)12-5-3-11(16)4-6-12/h7-8,11-12H,2-6,9-10,16H2,1H3. The maximum Gasteiger partial charge on any atom is 0.0701 e. The Balaban J connectivity index is 1.94. The molecule has 1 aromatic rings. The Bertz CT molecular complexity index is 358. The summed E-state index contributed by atoms with van der Waals surface area (Å²) >= 11 is 5.41. The van der Waals surface area contributed by atoms with E-state index in [-0.39, 0.29) is 0 Å². The first-order valence-corrected chi connectivity index (χ1v) is 8.54. The van der Waals surface area contributed by atoms with E-state index in [9.17, 15) is 0 Å². The van der Waals surface area contributed by atoms with Crippen molar-refractivity contribution in [2.45, 2.75) is 57.7 Å². The van der Waals surface area contributed by atoms with E-state index in [1.807, 2.05) is 11.3 Å². The van der Waals surface area contributed by atoms with Crippen molar-refractivity contribution in [3.05, 3.63) is 20.8 Å². The highest BCUT2D eigenvalue weighted by molar-refractivity contribution is 9.11. The first-order chi connectivity index (χ1) is 8.69. The Kier molecular flexibility index (Phi) is 5.67. The van der Waals surface area contributed by atoms with Gasteiger partial charge in [0.15, 0.2) is 0 Å². The van der Waals surface area contributed by atoms with E-state index in [0.717, 1.165) is 12.6 Å². The van der Waals surface area contributed by atoms with Crippen LogP contribution in [0.1, 0.15) is 43.9 Å². The predicted molar refractivity (Wildman–Crippen MR) is 83.0 cm³/mol. The molecule has 2 rings (SSSR count). The second-order valence-corrected chi connectivity index (χ2v) is 7.79. The number of thiophene rings is 1. The van der Waals surface area contributed by atoms with Crippen LogP contribution >= 0.6 is 27.3 Å². The van der Waals surface area contributed by atoms with Gasteiger partial charge in [0.1, 0.15) is 0 Å². The van der Waals surface area contributed by atoms with Gasteiger partial charge in [-0.1, -0.05) is 6.92 Å². The van der Waals surface area contributed by atoms with Gasteiger partial charge >= 0.3 is 0 Å². The molecule has 4 heteroatoms. The molecule has 0 spiro atoms. The number of rotatable bonds is 5. The Morgan fingerprint density at radius 2 is 2.06 bits per heavy atom. The van der Waals surface area contributed by atoms with E-state index in [1.54, 1.807) is 0 Å². The van der Waals surface area contributed by atoms with Crippen LogP contribution in [-0.2, 0) is 6.54 Å². The van der Waals surface area contributed by atoms with Crippen molar-refractivity contribution >= 4 is 27.3 Å². The molecule has 102 valence electrons. The van der Waals surface area contributed by atoms with Gasteiger partial charge in [0, 0.05) is 23.5 Å². The van der Waals surface area contributed by atoms with E-state index in [4.69, 9.17) is 5.73 Å². The SMILES string of the molecule is CCCN(Cc1ccc(Br)s1)C1CCC(N)CC1. The Hall–Kier alpha value is 0.1000. The average Bonchev–Trinajstić information content (AvgIpc) is 2.75. The molecule has 0 unspecified atom stereocenters. The summed E-state index contributed by atoms with van der Waals surface area (Å²) in [5, 5.41) is 0. The highest BCUT2D eigenvalue weighted by Gasteiger charge is 2.24. The van der Waals surface area contributed by atoms with Crippen LogP contribution in [0.5, 0.6) is 0 Å². The summed E-state index contributed by atoms with van der Waals surface area (Å²) in [6.07, 6.45) is 6.16. The van der Waals surface area contributed by atoms with Crippen LogP contribution in [0.15, 0.2) is 15.9 Å². The molecule has 0 bridgehead atoms. The lowest BCUT2D eigenvalue weighted by Crippen LogP contribution is -2.40. The van der Waals surface area contributed by atoms with Gasteiger partial charge in [-0.3, -0.25) is 4.90 Å². The molecule has 1 heterocycles. The summed E-state index contributed by atoms with van der Waals surface area (Å²) in [4.78, 5) is 4.12. The number of halogens is 1. The number of nitrogens with two attached hydrogens (primary N) is 1. The van der Waals surface area contributed by atoms with Crippen molar-refractivity contribution in [1.29, 1.82) is 0 Å².